The monoisotopic (exact) mass is 184 g/mol. The van der Waals surface area contributed by atoms with Crippen LogP contribution in [-0.4, -0.2) is 9.78 Å². The molecule has 4 heteroatoms. The first-order valence-electron chi connectivity index (χ1n) is 4.60. The lowest BCUT2D eigenvalue weighted by atomic mass is 10.2. The van der Waals surface area contributed by atoms with Gasteiger partial charge in [0.15, 0.2) is 0 Å². The van der Waals surface area contributed by atoms with Gasteiger partial charge < -0.3 is 0 Å². The maximum atomic E-state index is 13.6. The summed E-state index contributed by atoms with van der Waals surface area (Å²) < 4.78 is 28.6. The van der Waals surface area contributed by atoms with Crippen LogP contribution in [0.5, 0.6) is 0 Å². The molecule has 0 radical (unpaired) electrons. The predicted molar refractivity (Wildman–Crippen MR) is 42.6 cm³/mol. The summed E-state index contributed by atoms with van der Waals surface area (Å²) in [6.45, 7) is 2.37. The normalized spacial score (nSPS) is 32.8. The Morgan fingerprint density at radius 2 is 2.46 bits per heavy atom. The summed E-state index contributed by atoms with van der Waals surface area (Å²) >= 11 is 0. The van der Waals surface area contributed by atoms with Gasteiger partial charge in [-0.25, -0.2) is 0 Å². The zero-order valence-electron chi connectivity index (χ0n) is 7.30. The smallest absolute Gasteiger partial charge is 0.263 e. The molecule has 0 N–H and O–H groups in total. The Morgan fingerprint density at radius 1 is 1.69 bits per heavy atom. The number of aromatic nitrogens is 2. The third kappa shape index (κ3) is 0.700. The van der Waals surface area contributed by atoms with Crippen molar-refractivity contribution in [1.82, 2.24) is 9.78 Å². The molecular formula is C9H10F2N2. The van der Waals surface area contributed by atoms with Crippen molar-refractivity contribution in [2.75, 3.05) is 0 Å². The van der Waals surface area contributed by atoms with E-state index >= 15 is 0 Å². The molecule has 0 bridgehead atoms. The molecule has 2 atom stereocenters. The van der Waals surface area contributed by atoms with E-state index in [2.05, 4.69) is 5.10 Å². The molecule has 1 aromatic heterocycles. The summed E-state index contributed by atoms with van der Waals surface area (Å²) in [6.07, 6.45) is 2.26. The summed E-state index contributed by atoms with van der Waals surface area (Å²) in [5.41, 5.74) is 0.966. The SMILES string of the molecule is CCn1ncc2c1C(F)(F)C1CC21. The zero-order chi connectivity index (χ0) is 9.22. The number of hydrogen-bond donors (Lipinski definition) is 0. The number of aryl methyl sites for hydroxylation is 1. The Hall–Kier alpha value is -0.930. The van der Waals surface area contributed by atoms with E-state index in [1.807, 2.05) is 6.92 Å². The highest BCUT2D eigenvalue weighted by Gasteiger charge is 2.65. The number of alkyl halides is 2. The van der Waals surface area contributed by atoms with Crippen LogP contribution >= 0.6 is 0 Å². The van der Waals surface area contributed by atoms with Gasteiger partial charge in [0.05, 0.1) is 6.20 Å². The molecule has 1 heterocycles. The average molecular weight is 184 g/mol. The van der Waals surface area contributed by atoms with Gasteiger partial charge in [0, 0.05) is 18.0 Å². The molecule has 2 nitrogen and oxygen atoms in total. The van der Waals surface area contributed by atoms with E-state index in [0.29, 0.717) is 13.0 Å². The second kappa shape index (κ2) is 1.94. The molecule has 0 amide bonds. The maximum absolute atomic E-state index is 13.6. The average Bonchev–Trinajstić information content (AvgIpc) is 2.72. The van der Waals surface area contributed by atoms with Crippen LogP contribution in [0, 0.1) is 5.92 Å². The molecule has 0 aliphatic heterocycles. The fourth-order valence-corrected chi connectivity index (χ4v) is 2.39. The topological polar surface area (TPSA) is 17.8 Å². The van der Waals surface area contributed by atoms with Crippen LogP contribution in [0.4, 0.5) is 8.78 Å². The molecule has 0 saturated heterocycles. The van der Waals surface area contributed by atoms with Crippen molar-refractivity contribution in [3.63, 3.8) is 0 Å². The van der Waals surface area contributed by atoms with Crippen molar-refractivity contribution >= 4 is 0 Å². The van der Waals surface area contributed by atoms with Crippen LogP contribution in [0.2, 0.25) is 0 Å². The van der Waals surface area contributed by atoms with Gasteiger partial charge in [-0.1, -0.05) is 0 Å². The van der Waals surface area contributed by atoms with Crippen molar-refractivity contribution in [2.45, 2.75) is 31.7 Å². The number of fused-ring (bicyclic) bond motifs is 3. The molecule has 1 aromatic rings. The van der Waals surface area contributed by atoms with E-state index in [1.54, 1.807) is 6.20 Å². The van der Waals surface area contributed by atoms with Crippen LogP contribution in [0.15, 0.2) is 6.20 Å². The molecule has 13 heavy (non-hydrogen) atoms. The van der Waals surface area contributed by atoms with Crippen LogP contribution in [0.25, 0.3) is 0 Å². The van der Waals surface area contributed by atoms with Crippen molar-refractivity contribution in [3.05, 3.63) is 17.5 Å². The standard InChI is InChI=1S/C9H10F2N2/c1-2-13-8-6(4-12-13)5-3-7(5)9(8,10)11/h4-5,7H,2-3H2,1H3. The molecular weight excluding hydrogens is 174 g/mol. The minimum atomic E-state index is -2.62. The fourth-order valence-electron chi connectivity index (χ4n) is 2.39. The predicted octanol–water partition coefficient (Wildman–Crippen LogP) is 2.11. The first kappa shape index (κ1) is 7.47. The molecule has 0 spiro atoms. The minimum Gasteiger partial charge on any atom is -0.263 e. The first-order chi connectivity index (χ1) is 6.16. The molecule has 1 fully saturated rings. The fraction of sp³-hybridized carbons (Fsp3) is 0.667. The zero-order valence-corrected chi connectivity index (χ0v) is 7.30. The lowest BCUT2D eigenvalue weighted by Crippen LogP contribution is -2.19. The van der Waals surface area contributed by atoms with Gasteiger partial charge >= 0.3 is 0 Å². The molecule has 0 aromatic carbocycles. The second-order valence-electron chi connectivity index (χ2n) is 3.84. The van der Waals surface area contributed by atoms with Gasteiger partial charge in [0.2, 0.25) is 0 Å². The van der Waals surface area contributed by atoms with Gasteiger partial charge in [-0.3, -0.25) is 4.68 Å². The summed E-state index contributed by atoms with van der Waals surface area (Å²) in [5, 5.41) is 3.97. The minimum absolute atomic E-state index is 0.102. The molecule has 2 aliphatic rings. The highest BCUT2D eigenvalue weighted by molar-refractivity contribution is 5.41. The Labute approximate surface area is 74.5 Å². The van der Waals surface area contributed by atoms with E-state index < -0.39 is 11.8 Å². The Morgan fingerprint density at radius 3 is 3.15 bits per heavy atom. The van der Waals surface area contributed by atoms with Crippen LogP contribution in [0.3, 0.4) is 0 Å². The van der Waals surface area contributed by atoms with Crippen LogP contribution in [-0.2, 0) is 12.5 Å². The van der Waals surface area contributed by atoms with Gasteiger partial charge in [-0.2, -0.15) is 13.9 Å². The van der Waals surface area contributed by atoms with E-state index in [0.717, 1.165) is 5.56 Å². The molecule has 2 unspecified atom stereocenters. The first-order valence-corrected chi connectivity index (χ1v) is 4.60. The van der Waals surface area contributed by atoms with Gasteiger partial charge in [-0.15, -0.1) is 0 Å². The number of rotatable bonds is 1. The number of nitrogens with zero attached hydrogens (tertiary/aromatic N) is 2. The van der Waals surface area contributed by atoms with Crippen molar-refractivity contribution < 1.29 is 8.78 Å². The Kier molecular flexibility index (Phi) is 1.11. The van der Waals surface area contributed by atoms with Gasteiger partial charge in [-0.05, 0) is 19.3 Å². The third-order valence-corrected chi connectivity index (χ3v) is 3.14. The van der Waals surface area contributed by atoms with Crippen molar-refractivity contribution in [2.24, 2.45) is 5.92 Å². The Bertz CT molecular complexity index is 370. The summed E-state index contributed by atoms with van der Waals surface area (Å²) in [5.74, 6) is -2.93. The van der Waals surface area contributed by atoms with Gasteiger partial charge in [0.1, 0.15) is 5.69 Å². The van der Waals surface area contributed by atoms with E-state index in [-0.39, 0.29) is 11.6 Å². The quantitative estimate of drug-likeness (QED) is 0.653. The Balaban J connectivity index is 2.21. The van der Waals surface area contributed by atoms with E-state index in [1.165, 1.54) is 4.68 Å². The third-order valence-electron chi connectivity index (χ3n) is 3.14. The molecule has 2 aliphatic carbocycles. The molecule has 1 saturated carbocycles. The van der Waals surface area contributed by atoms with E-state index in [4.69, 9.17) is 0 Å². The van der Waals surface area contributed by atoms with E-state index in [9.17, 15) is 8.78 Å². The lowest BCUT2D eigenvalue weighted by molar-refractivity contribution is -0.0308. The summed E-state index contributed by atoms with van der Waals surface area (Å²) in [6, 6.07) is 0. The molecule has 70 valence electrons. The maximum Gasteiger partial charge on any atom is 0.293 e. The highest BCUT2D eigenvalue weighted by Crippen LogP contribution is 2.66. The number of hydrogen-bond acceptors (Lipinski definition) is 1. The van der Waals surface area contributed by atoms with Crippen molar-refractivity contribution in [1.29, 1.82) is 0 Å². The van der Waals surface area contributed by atoms with Gasteiger partial charge in [0.25, 0.3) is 5.92 Å². The van der Waals surface area contributed by atoms with Crippen molar-refractivity contribution in [3.8, 4) is 0 Å². The largest absolute Gasteiger partial charge is 0.293 e. The second-order valence-corrected chi connectivity index (χ2v) is 3.84. The highest BCUT2D eigenvalue weighted by atomic mass is 19.3. The molecule has 3 rings (SSSR count). The lowest BCUT2D eigenvalue weighted by Gasteiger charge is -2.14. The van der Waals surface area contributed by atoms with Crippen LogP contribution < -0.4 is 0 Å². The summed E-state index contributed by atoms with van der Waals surface area (Å²) in [4.78, 5) is 0. The summed E-state index contributed by atoms with van der Waals surface area (Å²) in [7, 11) is 0. The van der Waals surface area contributed by atoms with Crippen LogP contribution in [0.1, 0.15) is 30.5 Å². The number of halogens is 2.